The molecule has 0 fully saturated rings. The highest BCUT2D eigenvalue weighted by molar-refractivity contribution is 6.44. The van der Waals surface area contributed by atoms with Crippen molar-refractivity contribution < 1.29 is 24.2 Å². The fraction of sp³-hybridized carbons (Fsp3) is 0.238. The molecular weight excluding hydrogens is 346 g/mol. The third-order valence-electron chi connectivity index (χ3n) is 4.10. The largest absolute Gasteiger partial charge is 0.502 e. The van der Waals surface area contributed by atoms with Gasteiger partial charge < -0.3 is 14.6 Å². The molecule has 3 rings (SSSR count). The summed E-state index contributed by atoms with van der Waals surface area (Å²) in [7, 11) is 1.50. The average Bonchev–Trinajstić information content (AvgIpc) is 2.89. The van der Waals surface area contributed by atoms with E-state index in [1.165, 1.54) is 7.11 Å². The van der Waals surface area contributed by atoms with E-state index < -0.39 is 17.6 Å². The molecule has 27 heavy (non-hydrogen) atoms. The van der Waals surface area contributed by atoms with Crippen molar-refractivity contribution in [1.82, 2.24) is 0 Å². The van der Waals surface area contributed by atoms with Crippen molar-refractivity contribution in [2.45, 2.75) is 13.8 Å². The lowest BCUT2D eigenvalue weighted by Crippen LogP contribution is -2.31. The van der Waals surface area contributed by atoms with Gasteiger partial charge in [0.05, 0.1) is 25.0 Å². The van der Waals surface area contributed by atoms with Gasteiger partial charge in [0, 0.05) is 6.07 Å². The number of aliphatic hydroxyl groups is 1. The van der Waals surface area contributed by atoms with Gasteiger partial charge in [0.25, 0.3) is 5.91 Å². The van der Waals surface area contributed by atoms with Crippen LogP contribution in [0.15, 0.2) is 54.3 Å². The number of ether oxygens (including phenoxy) is 2. The molecule has 1 aliphatic rings. The Morgan fingerprint density at radius 2 is 1.70 bits per heavy atom. The zero-order valence-corrected chi connectivity index (χ0v) is 15.4. The van der Waals surface area contributed by atoms with Crippen molar-refractivity contribution in [1.29, 1.82) is 0 Å². The first kappa shape index (κ1) is 18.5. The quantitative estimate of drug-likeness (QED) is 0.790. The Labute approximate surface area is 157 Å². The Balaban J connectivity index is 1.88. The number of benzene rings is 2. The first-order chi connectivity index (χ1) is 12.9. The van der Waals surface area contributed by atoms with E-state index in [9.17, 15) is 14.7 Å². The molecule has 0 bridgehead atoms. The van der Waals surface area contributed by atoms with Crippen LogP contribution in [0.5, 0.6) is 11.5 Å². The van der Waals surface area contributed by atoms with Gasteiger partial charge in [-0.05, 0) is 35.7 Å². The molecule has 140 valence electrons. The lowest BCUT2D eigenvalue weighted by molar-refractivity contribution is -0.121. The molecule has 0 spiro atoms. The summed E-state index contributed by atoms with van der Waals surface area (Å²) >= 11 is 0. The molecule has 2 aromatic carbocycles. The van der Waals surface area contributed by atoms with Crippen LogP contribution in [0.1, 0.15) is 19.4 Å². The number of hydrogen-bond acceptors (Lipinski definition) is 5. The fourth-order valence-electron chi connectivity index (χ4n) is 2.74. The second kappa shape index (κ2) is 7.53. The van der Waals surface area contributed by atoms with Gasteiger partial charge in [-0.25, -0.2) is 4.90 Å². The van der Waals surface area contributed by atoms with Crippen LogP contribution in [0.3, 0.4) is 0 Å². The van der Waals surface area contributed by atoms with Crippen molar-refractivity contribution in [3.63, 3.8) is 0 Å². The lowest BCUT2D eigenvalue weighted by Gasteiger charge is -2.15. The molecule has 1 N–H and O–H groups in total. The predicted molar refractivity (Wildman–Crippen MR) is 102 cm³/mol. The Kier molecular flexibility index (Phi) is 5.16. The molecule has 0 aromatic heterocycles. The summed E-state index contributed by atoms with van der Waals surface area (Å²) in [6.07, 6.45) is 0. The monoisotopic (exact) mass is 367 g/mol. The minimum atomic E-state index is -0.761. The van der Waals surface area contributed by atoms with Crippen LogP contribution in [0.4, 0.5) is 5.69 Å². The predicted octanol–water partition coefficient (Wildman–Crippen LogP) is 3.57. The van der Waals surface area contributed by atoms with Crippen LogP contribution in [0.2, 0.25) is 0 Å². The summed E-state index contributed by atoms with van der Waals surface area (Å²) < 4.78 is 10.8. The van der Waals surface area contributed by atoms with Crippen LogP contribution in [-0.4, -0.2) is 30.6 Å². The average molecular weight is 367 g/mol. The van der Waals surface area contributed by atoms with Crippen LogP contribution >= 0.6 is 0 Å². The number of methoxy groups -OCH3 is 1. The molecule has 0 aliphatic carbocycles. The summed E-state index contributed by atoms with van der Waals surface area (Å²) in [5.74, 6) is -0.354. The van der Waals surface area contributed by atoms with Gasteiger partial charge in [-0.15, -0.1) is 0 Å². The second-order valence-electron chi connectivity index (χ2n) is 6.60. The van der Waals surface area contributed by atoms with Crippen molar-refractivity contribution in [3.05, 3.63) is 59.9 Å². The van der Waals surface area contributed by atoms with Gasteiger partial charge in [0.15, 0.2) is 5.76 Å². The number of rotatable bonds is 6. The lowest BCUT2D eigenvalue weighted by atomic mass is 10.1. The Morgan fingerprint density at radius 3 is 2.33 bits per heavy atom. The molecule has 6 heteroatoms. The highest BCUT2D eigenvalue weighted by Gasteiger charge is 2.40. The maximum absolute atomic E-state index is 12.8. The summed E-state index contributed by atoms with van der Waals surface area (Å²) in [5.41, 5.74) is 0.758. The Bertz CT molecular complexity index is 899. The van der Waals surface area contributed by atoms with Crippen molar-refractivity contribution in [2.24, 2.45) is 5.92 Å². The van der Waals surface area contributed by atoms with E-state index in [1.54, 1.807) is 48.5 Å². The van der Waals surface area contributed by atoms with E-state index in [-0.39, 0.29) is 5.57 Å². The summed E-state index contributed by atoms with van der Waals surface area (Å²) in [6.45, 7) is 4.68. The fourth-order valence-corrected chi connectivity index (χ4v) is 2.74. The minimum absolute atomic E-state index is 0.0294. The van der Waals surface area contributed by atoms with Gasteiger partial charge in [0.2, 0.25) is 0 Å². The van der Waals surface area contributed by atoms with Crippen LogP contribution in [0.25, 0.3) is 5.57 Å². The minimum Gasteiger partial charge on any atom is -0.502 e. The molecule has 0 atom stereocenters. The zero-order chi connectivity index (χ0) is 19.6. The first-order valence-electron chi connectivity index (χ1n) is 8.61. The van der Waals surface area contributed by atoms with Crippen LogP contribution < -0.4 is 14.4 Å². The zero-order valence-electron chi connectivity index (χ0n) is 15.4. The molecule has 0 unspecified atom stereocenters. The van der Waals surface area contributed by atoms with Gasteiger partial charge >= 0.3 is 5.91 Å². The summed E-state index contributed by atoms with van der Waals surface area (Å²) in [6, 6.07) is 13.3. The number of nitrogens with zero attached hydrogens (tertiary/aromatic N) is 1. The van der Waals surface area contributed by atoms with E-state index in [0.717, 1.165) is 4.90 Å². The second-order valence-corrected chi connectivity index (χ2v) is 6.60. The van der Waals surface area contributed by atoms with Gasteiger partial charge in [-0.2, -0.15) is 0 Å². The van der Waals surface area contributed by atoms with E-state index in [0.29, 0.717) is 35.3 Å². The number of carbonyl (C=O) groups excluding carboxylic acids is 2. The number of carbonyl (C=O) groups is 2. The highest BCUT2D eigenvalue weighted by Crippen LogP contribution is 2.33. The maximum atomic E-state index is 12.8. The standard InChI is InChI=1S/C21H21NO5/c1-13(2)12-27-16-9-7-14(8-10-16)18-19(23)21(25)22(20(18)24)15-5-4-6-17(11-15)26-3/h4-11,13,23H,12H2,1-3H3. The van der Waals surface area contributed by atoms with Crippen LogP contribution in [0, 0.1) is 5.92 Å². The summed E-state index contributed by atoms with van der Waals surface area (Å²) in [4.78, 5) is 26.3. The number of anilines is 1. The molecule has 2 aromatic rings. The number of hydrogen-bond donors (Lipinski definition) is 1. The Morgan fingerprint density at radius 1 is 1.00 bits per heavy atom. The molecule has 2 amide bonds. The number of aliphatic hydroxyl groups excluding tert-OH is 1. The summed E-state index contributed by atoms with van der Waals surface area (Å²) in [5, 5.41) is 10.3. The van der Waals surface area contributed by atoms with Gasteiger partial charge in [-0.3, -0.25) is 9.59 Å². The van der Waals surface area contributed by atoms with Gasteiger partial charge in [0.1, 0.15) is 11.5 Å². The molecule has 6 nitrogen and oxygen atoms in total. The van der Waals surface area contributed by atoms with Crippen LogP contribution in [-0.2, 0) is 9.59 Å². The van der Waals surface area contributed by atoms with Crippen molar-refractivity contribution in [2.75, 3.05) is 18.6 Å². The van der Waals surface area contributed by atoms with E-state index >= 15 is 0 Å². The van der Waals surface area contributed by atoms with Gasteiger partial charge in [-0.1, -0.05) is 32.0 Å². The molecule has 0 saturated carbocycles. The number of imide groups is 1. The van der Waals surface area contributed by atoms with Crippen molar-refractivity contribution in [3.8, 4) is 11.5 Å². The third-order valence-corrected chi connectivity index (χ3v) is 4.10. The SMILES string of the molecule is COc1cccc(N2C(=O)C(O)=C(c3ccc(OCC(C)C)cc3)C2=O)c1. The topological polar surface area (TPSA) is 76.1 Å². The smallest absolute Gasteiger partial charge is 0.301 e. The molecular formula is C21H21NO5. The third kappa shape index (κ3) is 3.65. The molecule has 1 heterocycles. The number of amides is 2. The first-order valence-corrected chi connectivity index (χ1v) is 8.61. The van der Waals surface area contributed by atoms with E-state index in [2.05, 4.69) is 0 Å². The Hall–Kier alpha value is -3.28. The van der Waals surface area contributed by atoms with E-state index in [1.807, 2.05) is 13.8 Å². The van der Waals surface area contributed by atoms with Crippen molar-refractivity contribution >= 4 is 23.1 Å². The molecule has 0 saturated heterocycles. The molecule has 0 radical (unpaired) electrons. The maximum Gasteiger partial charge on any atom is 0.301 e. The van der Waals surface area contributed by atoms with E-state index in [4.69, 9.17) is 9.47 Å². The normalized spacial score (nSPS) is 14.3. The molecule has 1 aliphatic heterocycles. The highest BCUT2D eigenvalue weighted by atomic mass is 16.5.